The molecular weight excluding hydrogens is 784 g/mol. The molecule has 298 valence electrons. The SMILES string of the molecule is O=C(OCc1ccccc1)c1ccc(N(Cc2ccc(-c3ccoc3)cc2)C(=O)[C@H]2CCCN2S(=O)(=O)c2c(F)c(F)c(F)c(F)c2F)cc1OCc1ccccc1. The third kappa shape index (κ3) is 8.22. The number of hydrogen-bond acceptors (Lipinski definition) is 7. The summed E-state index contributed by atoms with van der Waals surface area (Å²) in [5.74, 6) is -14.1. The first-order valence-electron chi connectivity index (χ1n) is 17.9. The van der Waals surface area contributed by atoms with E-state index in [2.05, 4.69) is 0 Å². The standard InChI is InChI=1S/C43H33F5N2O7S/c44-36-37(45)39(47)41(40(48)38(36)46)58(53,54)50-20-7-12-34(50)42(51)49(23-27-13-15-30(16-14-27)31-19-21-55-26-31)32-17-18-33(43(52)57-25-29-10-5-2-6-11-29)35(22-32)56-24-28-8-3-1-4-9-28/h1-6,8-11,13-19,21-22,26,34H,7,12,20,23-25H2/t34-/m1/s1. The lowest BCUT2D eigenvalue weighted by Gasteiger charge is -2.31. The number of hydrogen-bond donors (Lipinski definition) is 0. The fraction of sp³-hybridized carbons (Fsp3) is 0.163. The molecule has 0 saturated carbocycles. The van der Waals surface area contributed by atoms with Crippen molar-refractivity contribution in [1.82, 2.24) is 4.31 Å². The summed E-state index contributed by atoms with van der Waals surface area (Å²) in [6, 6.07) is 29.4. The molecule has 1 fully saturated rings. The maximum Gasteiger partial charge on any atom is 0.342 e. The lowest BCUT2D eigenvalue weighted by Crippen LogP contribution is -2.48. The molecule has 0 radical (unpaired) electrons. The Balaban J connectivity index is 1.27. The van der Waals surface area contributed by atoms with E-state index in [0.717, 1.165) is 22.3 Å². The molecule has 0 spiro atoms. The van der Waals surface area contributed by atoms with E-state index in [1.807, 2.05) is 12.1 Å². The van der Waals surface area contributed by atoms with Crippen LogP contribution in [-0.2, 0) is 39.3 Å². The van der Waals surface area contributed by atoms with Crippen molar-refractivity contribution in [2.45, 2.75) is 43.5 Å². The summed E-state index contributed by atoms with van der Waals surface area (Å²) in [5, 5.41) is 0. The molecule has 2 heterocycles. The average molecular weight is 817 g/mol. The minimum Gasteiger partial charge on any atom is -0.488 e. The molecule has 1 aliphatic heterocycles. The Morgan fingerprint density at radius 1 is 0.724 bits per heavy atom. The second kappa shape index (κ2) is 17.0. The van der Waals surface area contributed by atoms with Crippen LogP contribution in [0, 0.1) is 29.1 Å². The highest BCUT2D eigenvalue weighted by molar-refractivity contribution is 7.89. The Bertz CT molecular complexity index is 2510. The Morgan fingerprint density at radius 3 is 1.97 bits per heavy atom. The maximum atomic E-state index is 14.9. The van der Waals surface area contributed by atoms with Gasteiger partial charge in [0.25, 0.3) is 0 Å². The van der Waals surface area contributed by atoms with Gasteiger partial charge in [0.1, 0.15) is 30.6 Å². The second-order valence-corrected chi connectivity index (χ2v) is 15.2. The van der Waals surface area contributed by atoms with Gasteiger partial charge >= 0.3 is 5.97 Å². The van der Waals surface area contributed by atoms with Crippen LogP contribution in [0.3, 0.4) is 0 Å². The maximum absolute atomic E-state index is 14.9. The predicted molar refractivity (Wildman–Crippen MR) is 201 cm³/mol. The number of carbonyl (C=O) groups is 2. The molecule has 9 nitrogen and oxygen atoms in total. The third-order valence-corrected chi connectivity index (χ3v) is 11.5. The topological polar surface area (TPSA) is 106 Å². The van der Waals surface area contributed by atoms with Crippen molar-refractivity contribution in [1.29, 1.82) is 0 Å². The van der Waals surface area contributed by atoms with Crippen LogP contribution in [0.25, 0.3) is 11.1 Å². The van der Waals surface area contributed by atoms with Crippen molar-refractivity contribution in [3.63, 3.8) is 0 Å². The van der Waals surface area contributed by atoms with Gasteiger partial charge in [-0.25, -0.2) is 35.2 Å². The number of sulfonamides is 1. The first kappa shape index (κ1) is 39.9. The van der Waals surface area contributed by atoms with Gasteiger partial charge in [0.05, 0.1) is 19.1 Å². The van der Waals surface area contributed by atoms with Crippen LogP contribution < -0.4 is 9.64 Å². The highest BCUT2D eigenvalue weighted by atomic mass is 32.2. The molecule has 1 saturated heterocycles. The van der Waals surface area contributed by atoms with Crippen LogP contribution in [0.4, 0.5) is 27.6 Å². The number of esters is 1. The molecule has 6 aromatic rings. The second-order valence-electron chi connectivity index (χ2n) is 13.3. The summed E-state index contributed by atoms with van der Waals surface area (Å²) >= 11 is 0. The Hall–Kier alpha value is -6.32. The summed E-state index contributed by atoms with van der Waals surface area (Å²) < 4.78 is 117. The number of amides is 1. The van der Waals surface area contributed by atoms with E-state index in [0.29, 0.717) is 9.87 Å². The number of benzene rings is 5. The van der Waals surface area contributed by atoms with E-state index >= 15 is 0 Å². The summed E-state index contributed by atoms with van der Waals surface area (Å²) in [4.78, 5) is 27.4. The van der Waals surface area contributed by atoms with Gasteiger partial charge < -0.3 is 18.8 Å². The molecule has 1 aliphatic rings. The number of anilines is 1. The molecule has 0 bridgehead atoms. The monoisotopic (exact) mass is 816 g/mol. The molecule has 58 heavy (non-hydrogen) atoms. The lowest BCUT2D eigenvalue weighted by molar-refractivity contribution is -0.121. The molecule has 0 unspecified atom stereocenters. The van der Waals surface area contributed by atoms with E-state index < -0.39 is 68.5 Å². The van der Waals surface area contributed by atoms with Gasteiger partial charge in [-0.2, -0.15) is 4.31 Å². The number of ether oxygens (including phenoxy) is 2. The molecular formula is C43H33F5N2O7S. The Kier molecular flexibility index (Phi) is 11.7. The predicted octanol–water partition coefficient (Wildman–Crippen LogP) is 8.96. The van der Waals surface area contributed by atoms with Gasteiger partial charge in [0.2, 0.25) is 21.7 Å². The average Bonchev–Trinajstić information content (AvgIpc) is 3.98. The lowest BCUT2D eigenvalue weighted by atomic mass is 10.1. The zero-order valence-electron chi connectivity index (χ0n) is 30.4. The van der Waals surface area contributed by atoms with Crippen molar-refractivity contribution in [2.24, 2.45) is 0 Å². The van der Waals surface area contributed by atoms with Crippen LogP contribution in [0.15, 0.2) is 131 Å². The molecule has 1 aromatic heterocycles. The molecule has 1 atom stereocenters. The van der Waals surface area contributed by atoms with Crippen LogP contribution in [0.1, 0.15) is 39.9 Å². The van der Waals surface area contributed by atoms with Gasteiger partial charge in [0, 0.05) is 23.9 Å². The van der Waals surface area contributed by atoms with Crippen molar-refractivity contribution in [2.75, 3.05) is 11.4 Å². The van der Waals surface area contributed by atoms with E-state index in [4.69, 9.17) is 13.9 Å². The highest BCUT2D eigenvalue weighted by Gasteiger charge is 2.45. The zero-order chi connectivity index (χ0) is 41.0. The van der Waals surface area contributed by atoms with Crippen LogP contribution >= 0.6 is 0 Å². The van der Waals surface area contributed by atoms with E-state index in [-0.39, 0.29) is 49.6 Å². The summed E-state index contributed by atoms with van der Waals surface area (Å²) in [6.45, 7) is -0.687. The molecule has 0 N–H and O–H groups in total. The van der Waals surface area contributed by atoms with Gasteiger partial charge in [-0.1, -0.05) is 84.9 Å². The number of rotatable bonds is 13. The third-order valence-electron chi connectivity index (χ3n) is 9.59. The van der Waals surface area contributed by atoms with E-state index in [1.165, 1.54) is 29.4 Å². The van der Waals surface area contributed by atoms with Crippen molar-refractivity contribution < 1.29 is 53.8 Å². The number of carbonyl (C=O) groups excluding carboxylic acids is 2. The fourth-order valence-corrected chi connectivity index (χ4v) is 8.36. The first-order valence-corrected chi connectivity index (χ1v) is 19.4. The summed E-state index contributed by atoms with van der Waals surface area (Å²) in [6.07, 6.45) is 2.94. The largest absolute Gasteiger partial charge is 0.488 e. The van der Waals surface area contributed by atoms with Crippen molar-refractivity contribution in [3.05, 3.63) is 173 Å². The number of halogens is 5. The van der Waals surface area contributed by atoms with Crippen LogP contribution in [0.2, 0.25) is 0 Å². The summed E-state index contributed by atoms with van der Waals surface area (Å²) in [7, 11) is -5.48. The first-order chi connectivity index (χ1) is 27.9. The molecule has 5 aromatic carbocycles. The Labute approximate surface area is 329 Å². The van der Waals surface area contributed by atoms with Gasteiger partial charge in [-0.05, 0) is 53.3 Å². The van der Waals surface area contributed by atoms with Crippen molar-refractivity contribution in [3.8, 4) is 16.9 Å². The minimum atomic E-state index is -5.48. The fourth-order valence-electron chi connectivity index (χ4n) is 6.60. The van der Waals surface area contributed by atoms with Crippen LogP contribution in [-0.4, -0.2) is 37.2 Å². The molecule has 1 amide bonds. The number of nitrogens with zero attached hydrogens (tertiary/aromatic N) is 2. The van der Waals surface area contributed by atoms with Crippen molar-refractivity contribution >= 4 is 27.6 Å². The zero-order valence-corrected chi connectivity index (χ0v) is 31.2. The highest BCUT2D eigenvalue weighted by Crippen LogP contribution is 2.36. The summed E-state index contributed by atoms with van der Waals surface area (Å²) in [5.41, 5.74) is 3.77. The van der Waals surface area contributed by atoms with Gasteiger partial charge in [-0.3, -0.25) is 4.79 Å². The van der Waals surface area contributed by atoms with E-state index in [1.54, 1.807) is 85.1 Å². The smallest absolute Gasteiger partial charge is 0.342 e. The molecule has 7 rings (SSSR count). The Morgan fingerprint density at radius 2 is 1.34 bits per heavy atom. The molecule has 15 heteroatoms. The minimum absolute atomic E-state index is 0.00322. The molecule has 0 aliphatic carbocycles. The van der Waals surface area contributed by atoms with Crippen LogP contribution in [0.5, 0.6) is 5.75 Å². The quantitative estimate of drug-likeness (QED) is 0.0496. The normalized spacial score (nSPS) is 14.3. The van der Waals surface area contributed by atoms with Gasteiger partial charge in [0.15, 0.2) is 28.2 Å². The van der Waals surface area contributed by atoms with E-state index in [9.17, 15) is 40.0 Å². The number of furan rings is 1. The van der Waals surface area contributed by atoms with Gasteiger partial charge in [-0.15, -0.1) is 0 Å².